The maximum atomic E-state index is 6.23. The Hall–Kier alpha value is -1.40. The van der Waals surface area contributed by atoms with E-state index in [0.29, 0.717) is 22.9 Å². The van der Waals surface area contributed by atoms with Gasteiger partial charge in [0.2, 0.25) is 0 Å². The third kappa shape index (κ3) is 2.03. The Bertz CT molecular complexity index is 637. The molecule has 108 valence electrons. The zero-order valence-electron chi connectivity index (χ0n) is 12.2. The zero-order valence-corrected chi connectivity index (χ0v) is 13.0. The monoisotopic (exact) mass is 294 g/mol. The topological polar surface area (TPSA) is 49.6 Å². The summed E-state index contributed by atoms with van der Waals surface area (Å²) in [7, 11) is 4.25. The van der Waals surface area contributed by atoms with Crippen molar-refractivity contribution in [3.05, 3.63) is 17.0 Å². The molecular formula is C13H19ClN6. The molecule has 1 fully saturated rings. The molecule has 0 N–H and O–H groups in total. The van der Waals surface area contributed by atoms with E-state index in [0.717, 1.165) is 24.5 Å². The highest BCUT2D eigenvalue weighted by molar-refractivity contribution is 6.30. The highest BCUT2D eigenvalue weighted by atomic mass is 35.5. The van der Waals surface area contributed by atoms with Crippen LogP contribution >= 0.6 is 11.6 Å². The lowest BCUT2D eigenvalue weighted by molar-refractivity contribution is 0.266. The average molecular weight is 295 g/mol. The van der Waals surface area contributed by atoms with E-state index in [9.17, 15) is 0 Å². The van der Waals surface area contributed by atoms with Gasteiger partial charge in [-0.2, -0.15) is 19.6 Å². The molecule has 20 heavy (non-hydrogen) atoms. The Balaban J connectivity index is 2.07. The van der Waals surface area contributed by atoms with Gasteiger partial charge in [-0.25, -0.2) is 0 Å². The number of nitrogens with zero attached hydrogens (tertiary/aromatic N) is 6. The second-order valence-corrected chi connectivity index (χ2v) is 6.09. The van der Waals surface area contributed by atoms with E-state index in [2.05, 4.69) is 45.9 Å². The molecule has 1 aliphatic heterocycles. The quantitative estimate of drug-likeness (QED) is 0.785. The molecule has 1 aliphatic rings. The van der Waals surface area contributed by atoms with E-state index in [1.165, 1.54) is 6.33 Å². The van der Waals surface area contributed by atoms with Crippen LogP contribution < -0.4 is 4.90 Å². The van der Waals surface area contributed by atoms with E-state index >= 15 is 0 Å². The number of aromatic nitrogens is 4. The van der Waals surface area contributed by atoms with Crippen LogP contribution in [0.5, 0.6) is 0 Å². The van der Waals surface area contributed by atoms with Crippen molar-refractivity contribution >= 4 is 23.2 Å². The molecule has 2 aromatic heterocycles. The van der Waals surface area contributed by atoms with Gasteiger partial charge >= 0.3 is 0 Å². The first-order valence-electron chi connectivity index (χ1n) is 6.76. The van der Waals surface area contributed by atoms with Gasteiger partial charge in [0.15, 0.2) is 0 Å². The molecule has 2 atom stereocenters. The van der Waals surface area contributed by atoms with Crippen molar-refractivity contribution in [3.63, 3.8) is 0 Å². The zero-order chi connectivity index (χ0) is 14.4. The molecule has 6 nitrogen and oxygen atoms in total. The van der Waals surface area contributed by atoms with E-state index < -0.39 is 0 Å². The minimum absolute atomic E-state index is 0.501. The molecular weight excluding hydrogens is 276 g/mol. The molecule has 0 radical (unpaired) electrons. The number of fused-ring (bicyclic) bond motifs is 1. The van der Waals surface area contributed by atoms with Crippen LogP contribution in [0.2, 0.25) is 5.15 Å². The Morgan fingerprint density at radius 1 is 1.35 bits per heavy atom. The summed E-state index contributed by atoms with van der Waals surface area (Å²) in [5.74, 6) is 2.15. The van der Waals surface area contributed by atoms with Gasteiger partial charge in [0, 0.05) is 24.7 Å². The summed E-state index contributed by atoms with van der Waals surface area (Å²) in [6.45, 7) is 6.21. The first-order chi connectivity index (χ1) is 9.49. The molecule has 0 saturated carbocycles. The highest BCUT2D eigenvalue weighted by Crippen LogP contribution is 2.31. The first kappa shape index (κ1) is 13.6. The van der Waals surface area contributed by atoms with Crippen molar-refractivity contribution in [1.82, 2.24) is 24.5 Å². The SMILES string of the molecule is Cc1c(Cl)nc2ncnn2c1N1CC(C)C(N(C)C)C1. The normalized spacial score (nSPS) is 23.2. The van der Waals surface area contributed by atoms with Gasteiger partial charge < -0.3 is 9.80 Å². The number of hydrogen-bond donors (Lipinski definition) is 0. The second-order valence-electron chi connectivity index (χ2n) is 5.74. The minimum atomic E-state index is 0.501. The molecule has 0 bridgehead atoms. The molecule has 2 unspecified atom stereocenters. The molecule has 2 aromatic rings. The van der Waals surface area contributed by atoms with Crippen LogP contribution in [0.4, 0.5) is 5.82 Å². The van der Waals surface area contributed by atoms with Crippen LogP contribution in [-0.4, -0.2) is 57.7 Å². The number of anilines is 1. The van der Waals surface area contributed by atoms with Crippen LogP contribution in [0, 0.1) is 12.8 Å². The van der Waals surface area contributed by atoms with E-state index in [-0.39, 0.29) is 0 Å². The predicted molar refractivity (Wildman–Crippen MR) is 79.4 cm³/mol. The fourth-order valence-corrected chi connectivity index (χ4v) is 3.21. The average Bonchev–Trinajstić information content (AvgIpc) is 2.97. The third-order valence-electron chi connectivity index (χ3n) is 4.11. The predicted octanol–water partition coefficient (Wildman–Crippen LogP) is 1.47. The van der Waals surface area contributed by atoms with E-state index in [1.807, 2.05) is 6.92 Å². The number of rotatable bonds is 2. The van der Waals surface area contributed by atoms with Gasteiger partial charge in [0.05, 0.1) is 0 Å². The van der Waals surface area contributed by atoms with E-state index in [4.69, 9.17) is 11.6 Å². The third-order valence-corrected chi connectivity index (χ3v) is 4.48. The van der Waals surface area contributed by atoms with Gasteiger partial charge in [0.1, 0.15) is 17.3 Å². The van der Waals surface area contributed by atoms with Crippen molar-refractivity contribution in [1.29, 1.82) is 0 Å². The van der Waals surface area contributed by atoms with Crippen molar-refractivity contribution in [3.8, 4) is 0 Å². The van der Waals surface area contributed by atoms with Crippen LogP contribution in [0.25, 0.3) is 5.78 Å². The van der Waals surface area contributed by atoms with Crippen molar-refractivity contribution in [2.45, 2.75) is 19.9 Å². The van der Waals surface area contributed by atoms with Gasteiger partial charge in [0.25, 0.3) is 5.78 Å². The van der Waals surface area contributed by atoms with E-state index in [1.54, 1.807) is 4.52 Å². The maximum absolute atomic E-state index is 6.23. The van der Waals surface area contributed by atoms with Crippen LogP contribution in [-0.2, 0) is 0 Å². The Morgan fingerprint density at radius 3 is 2.75 bits per heavy atom. The fourth-order valence-electron chi connectivity index (χ4n) is 3.05. The lowest BCUT2D eigenvalue weighted by Crippen LogP contribution is -2.34. The first-order valence-corrected chi connectivity index (χ1v) is 7.14. The molecule has 0 spiro atoms. The van der Waals surface area contributed by atoms with Crippen molar-refractivity contribution < 1.29 is 0 Å². The summed E-state index contributed by atoms with van der Waals surface area (Å²) < 4.78 is 1.78. The Kier molecular flexibility index (Phi) is 3.30. The Morgan fingerprint density at radius 2 is 2.10 bits per heavy atom. The van der Waals surface area contributed by atoms with Gasteiger partial charge in [-0.3, -0.25) is 0 Å². The van der Waals surface area contributed by atoms with Crippen molar-refractivity contribution in [2.24, 2.45) is 5.92 Å². The van der Waals surface area contributed by atoms with Gasteiger partial charge in [-0.15, -0.1) is 0 Å². The summed E-state index contributed by atoms with van der Waals surface area (Å²) in [6, 6.07) is 0.528. The Labute approximate surface area is 123 Å². The lowest BCUT2D eigenvalue weighted by Gasteiger charge is -2.24. The highest BCUT2D eigenvalue weighted by Gasteiger charge is 2.33. The smallest absolute Gasteiger partial charge is 0.255 e. The number of likely N-dealkylation sites (N-methyl/N-ethyl adjacent to an activating group) is 1. The minimum Gasteiger partial charge on any atom is -0.354 e. The molecule has 0 aliphatic carbocycles. The molecule has 0 aromatic carbocycles. The summed E-state index contributed by atoms with van der Waals surface area (Å²) >= 11 is 6.23. The van der Waals surface area contributed by atoms with Crippen LogP contribution in [0.15, 0.2) is 6.33 Å². The van der Waals surface area contributed by atoms with Crippen LogP contribution in [0.3, 0.4) is 0 Å². The number of halogens is 1. The molecule has 0 amide bonds. The molecule has 1 saturated heterocycles. The second kappa shape index (κ2) is 4.86. The summed E-state index contributed by atoms with van der Waals surface area (Å²) in [4.78, 5) is 13.0. The summed E-state index contributed by atoms with van der Waals surface area (Å²) in [6.07, 6.45) is 1.52. The maximum Gasteiger partial charge on any atom is 0.255 e. The van der Waals surface area contributed by atoms with Gasteiger partial charge in [-0.1, -0.05) is 18.5 Å². The summed E-state index contributed by atoms with van der Waals surface area (Å²) in [5.41, 5.74) is 0.955. The van der Waals surface area contributed by atoms with Crippen LogP contribution in [0.1, 0.15) is 12.5 Å². The molecule has 3 heterocycles. The summed E-state index contributed by atoms with van der Waals surface area (Å²) in [5, 5.41) is 4.79. The molecule has 7 heteroatoms. The van der Waals surface area contributed by atoms with Gasteiger partial charge in [-0.05, 0) is 26.9 Å². The molecule has 3 rings (SSSR count). The largest absolute Gasteiger partial charge is 0.354 e. The van der Waals surface area contributed by atoms with Crippen molar-refractivity contribution in [2.75, 3.05) is 32.1 Å². The lowest BCUT2D eigenvalue weighted by atomic mass is 10.1. The fraction of sp³-hybridized carbons (Fsp3) is 0.615. The standard InChI is InChI=1S/C13H19ClN6/c1-8-5-19(6-10(8)18(3)4)12-9(2)11(14)17-13-15-7-16-20(12)13/h7-8,10H,5-6H2,1-4H3. The number of hydrogen-bond acceptors (Lipinski definition) is 5.